The molecule has 1 aliphatic heterocycles. The highest BCUT2D eigenvalue weighted by molar-refractivity contribution is 5.92. The van der Waals surface area contributed by atoms with E-state index in [4.69, 9.17) is 0 Å². The lowest BCUT2D eigenvalue weighted by Crippen LogP contribution is -2.42. The number of hydrogen-bond acceptors (Lipinski definition) is 5. The Kier molecular flexibility index (Phi) is 5.73. The van der Waals surface area contributed by atoms with Crippen molar-refractivity contribution in [3.05, 3.63) is 56.4 Å². The fourth-order valence-electron chi connectivity index (χ4n) is 3.53. The van der Waals surface area contributed by atoms with Crippen LogP contribution in [0.2, 0.25) is 0 Å². The molecule has 8 heteroatoms. The van der Waals surface area contributed by atoms with Crippen LogP contribution in [0.25, 0.3) is 0 Å². The first-order valence-electron chi connectivity index (χ1n) is 10.1. The van der Waals surface area contributed by atoms with Crippen molar-refractivity contribution in [2.45, 2.75) is 71.5 Å². The zero-order valence-corrected chi connectivity index (χ0v) is 17.8. The van der Waals surface area contributed by atoms with Gasteiger partial charge in [0.1, 0.15) is 5.69 Å². The maximum atomic E-state index is 13.1. The topological polar surface area (TPSA) is 90.1 Å². The van der Waals surface area contributed by atoms with Gasteiger partial charge >= 0.3 is 0 Å². The number of carbonyl (C=O) groups excluding carboxylic acids is 1. The van der Waals surface area contributed by atoms with Crippen molar-refractivity contribution < 1.29 is 4.79 Å². The highest BCUT2D eigenvalue weighted by atomic mass is 16.2. The molecule has 1 amide bonds. The molecule has 8 nitrogen and oxygen atoms in total. The van der Waals surface area contributed by atoms with E-state index >= 15 is 0 Å². The van der Waals surface area contributed by atoms with E-state index in [0.717, 1.165) is 18.5 Å². The Morgan fingerprint density at radius 2 is 1.79 bits per heavy atom. The lowest BCUT2D eigenvalue weighted by molar-refractivity contribution is 0.0710. The minimum Gasteiger partial charge on any atom is -0.332 e. The monoisotopic (exact) mass is 399 g/mol. The normalized spacial score (nSPS) is 17.2. The Hall–Kier alpha value is -2.77. The van der Waals surface area contributed by atoms with E-state index in [1.54, 1.807) is 11.0 Å². The van der Waals surface area contributed by atoms with Gasteiger partial charge in [-0.3, -0.25) is 14.4 Å². The van der Waals surface area contributed by atoms with Crippen LogP contribution in [0.1, 0.15) is 69.7 Å². The second kappa shape index (κ2) is 7.93. The summed E-state index contributed by atoms with van der Waals surface area (Å²) in [7, 11) is 0. The number of hydrogen-bond donors (Lipinski definition) is 0. The second-order valence-electron chi connectivity index (χ2n) is 8.88. The van der Waals surface area contributed by atoms with Crippen molar-refractivity contribution in [3.8, 4) is 0 Å². The van der Waals surface area contributed by atoms with E-state index in [9.17, 15) is 14.4 Å². The largest absolute Gasteiger partial charge is 0.332 e. The van der Waals surface area contributed by atoms with Crippen LogP contribution in [0.4, 0.5) is 0 Å². The van der Waals surface area contributed by atoms with Crippen molar-refractivity contribution in [2.75, 3.05) is 6.54 Å². The van der Waals surface area contributed by atoms with Gasteiger partial charge in [-0.05, 0) is 38.8 Å². The molecule has 156 valence electrons. The third kappa shape index (κ3) is 4.46. The van der Waals surface area contributed by atoms with Gasteiger partial charge in [0.15, 0.2) is 0 Å². The molecule has 1 fully saturated rings. The van der Waals surface area contributed by atoms with Gasteiger partial charge in [0, 0.05) is 24.1 Å². The SMILES string of the molecule is CC(C)n1nc(C(=O)N2CCCC2Cn2nc(C(C)(C)C)ccc2=O)ccc1=O. The van der Waals surface area contributed by atoms with Crippen LogP contribution in [-0.2, 0) is 12.0 Å². The predicted molar refractivity (Wildman–Crippen MR) is 110 cm³/mol. The molecule has 1 atom stereocenters. The Bertz CT molecular complexity index is 1020. The summed E-state index contributed by atoms with van der Waals surface area (Å²) in [5.74, 6) is -0.220. The van der Waals surface area contributed by atoms with Gasteiger partial charge in [0.2, 0.25) is 0 Å². The summed E-state index contributed by atoms with van der Waals surface area (Å²) < 4.78 is 2.77. The van der Waals surface area contributed by atoms with E-state index in [0.29, 0.717) is 13.1 Å². The molecule has 0 N–H and O–H groups in total. The van der Waals surface area contributed by atoms with Crippen molar-refractivity contribution in [1.82, 2.24) is 24.5 Å². The van der Waals surface area contributed by atoms with E-state index < -0.39 is 0 Å². The molecule has 1 saturated heterocycles. The lowest BCUT2D eigenvalue weighted by atomic mass is 9.92. The van der Waals surface area contributed by atoms with Crippen molar-refractivity contribution >= 4 is 5.91 Å². The first kappa shape index (κ1) is 21.0. The Morgan fingerprint density at radius 1 is 1.10 bits per heavy atom. The number of rotatable bonds is 4. The van der Waals surface area contributed by atoms with Crippen LogP contribution in [0.5, 0.6) is 0 Å². The number of nitrogens with zero attached hydrogens (tertiary/aromatic N) is 5. The third-order valence-corrected chi connectivity index (χ3v) is 5.19. The molecule has 0 spiro atoms. The van der Waals surface area contributed by atoms with E-state index in [1.165, 1.54) is 27.6 Å². The lowest BCUT2D eigenvalue weighted by Gasteiger charge is -2.26. The number of aromatic nitrogens is 4. The molecule has 0 saturated carbocycles. The molecule has 3 rings (SSSR count). The summed E-state index contributed by atoms with van der Waals surface area (Å²) in [5.41, 5.74) is 0.496. The Morgan fingerprint density at radius 3 is 2.45 bits per heavy atom. The van der Waals surface area contributed by atoms with Crippen LogP contribution in [-0.4, -0.2) is 43.0 Å². The summed E-state index contributed by atoms with van der Waals surface area (Å²) in [6, 6.07) is 5.88. The first-order chi connectivity index (χ1) is 13.6. The van der Waals surface area contributed by atoms with Gasteiger partial charge in [-0.1, -0.05) is 20.8 Å². The fraction of sp³-hybridized carbons (Fsp3) is 0.571. The highest BCUT2D eigenvalue weighted by Gasteiger charge is 2.31. The second-order valence-corrected chi connectivity index (χ2v) is 8.88. The average Bonchev–Trinajstić information content (AvgIpc) is 3.10. The summed E-state index contributed by atoms with van der Waals surface area (Å²) >= 11 is 0. The zero-order chi connectivity index (χ0) is 21.3. The summed E-state index contributed by atoms with van der Waals surface area (Å²) in [5, 5.41) is 8.78. The molecular weight excluding hydrogens is 370 g/mol. The molecule has 29 heavy (non-hydrogen) atoms. The third-order valence-electron chi connectivity index (χ3n) is 5.19. The maximum absolute atomic E-state index is 13.1. The molecule has 0 aliphatic carbocycles. The van der Waals surface area contributed by atoms with Gasteiger partial charge in [-0.15, -0.1) is 0 Å². The smallest absolute Gasteiger partial charge is 0.274 e. The standard InChI is InChI=1S/C21H29N5O3/c1-14(2)26-19(28)10-8-16(22-26)20(29)24-12-6-7-15(24)13-25-18(27)11-9-17(23-25)21(3,4)5/h8-11,14-15H,6-7,12-13H2,1-5H3. The van der Waals surface area contributed by atoms with Crippen LogP contribution in [0.3, 0.4) is 0 Å². The van der Waals surface area contributed by atoms with Gasteiger partial charge < -0.3 is 4.90 Å². The average molecular weight is 399 g/mol. The molecule has 2 aromatic heterocycles. The predicted octanol–water partition coefficient (Wildman–Crippen LogP) is 1.98. The van der Waals surface area contributed by atoms with Crippen LogP contribution < -0.4 is 11.1 Å². The van der Waals surface area contributed by atoms with Crippen molar-refractivity contribution in [2.24, 2.45) is 0 Å². The summed E-state index contributed by atoms with van der Waals surface area (Å²) in [6.45, 7) is 10.8. The minimum atomic E-state index is -0.232. The Labute approximate surface area is 170 Å². The minimum absolute atomic E-state index is 0.132. The van der Waals surface area contributed by atoms with Gasteiger partial charge in [-0.25, -0.2) is 9.36 Å². The molecule has 0 aromatic carbocycles. The maximum Gasteiger partial charge on any atom is 0.274 e. The van der Waals surface area contributed by atoms with Crippen LogP contribution in [0, 0.1) is 0 Å². The van der Waals surface area contributed by atoms with Gasteiger partial charge in [0.05, 0.1) is 24.3 Å². The van der Waals surface area contributed by atoms with E-state index in [-0.39, 0.29) is 40.2 Å². The van der Waals surface area contributed by atoms with Gasteiger partial charge in [0.25, 0.3) is 17.0 Å². The van der Waals surface area contributed by atoms with Crippen LogP contribution in [0.15, 0.2) is 33.9 Å². The van der Waals surface area contributed by atoms with Crippen molar-refractivity contribution in [3.63, 3.8) is 0 Å². The summed E-state index contributed by atoms with van der Waals surface area (Å²) in [6.07, 6.45) is 1.65. The van der Waals surface area contributed by atoms with E-state index in [2.05, 4.69) is 10.2 Å². The number of likely N-dealkylation sites (tertiary alicyclic amines) is 1. The fourth-order valence-corrected chi connectivity index (χ4v) is 3.53. The number of carbonyl (C=O) groups is 1. The van der Waals surface area contributed by atoms with Crippen molar-refractivity contribution in [1.29, 1.82) is 0 Å². The van der Waals surface area contributed by atoms with Crippen LogP contribution >= 0.6 is 0 Å². The quantitative estimate of drug-likeness (QED) is 0.784. The first-order valence-corrected chi connectivity index (χ1v) is 10.1. The van der Waals surface area contributed by atoms with Gasteiger partial charge in [-0.2, -0.15) is 10.2 Å². The highest BCUT2D eigenvalue weighted by Crippen LogP contribution is 2.22. The Balaban J connectivity index is 1.86. The molecule has 0 radical (unpaired) electrons. The molecule has 3 heterocycles. The summed E-state index contributed by atoms with van der Waals surface area (Å²) in [4.78, 5) is 39.1. The van der Waals surface area contributed by atoms with E-state index in [1.807, 2.05) is 34.6 Å². The molecule has 1 unspecified atom stereocenters. The number of amides is 1. The molecular formula is C21H29N5O3. The molecule has 2 aromatic rings. The zero-order valence-electron chi connectivity index (χ0n) is 17.8. The molecule has 1 aliphatic rings. The molecule has 0 bridgehead atoms.